The third-order valence-corrected chi connectivity index (χ3v) is 10.8. The fourth-order valence-electron chi connectivity index (χ4n) is 7.38. The van der Waals surface area contributed by atoms with Crippen molar-refractivity contribution in [1.29, 1.82) is 0 Å². The van der Waals surface area contributed by atoms with Crippen molar-refractivity contribution >= 4 is 63.8 Å². The third kappa shape index (κ3) is 4.62. The van der Waals surface area contributed by atoms with Crippen LogP contribution in [0.3, 0.4) is 0 Å². The van der Waals surface area contributed by atoms with E-state index < -0.39 is 0 Å². The van der Waals surface area contributed by atoms with E-state index >= 15 is 0 Å². The van der Waals surface area contributed by atoms with Crippen LogP contribution in [0, 0.1) is 0 Å². The fraction of sp³-hybridized carbons (Fsp3) is 0. The highest BCUT2D eigenvalue weighted by molar-refractivity contribution is 7.25. The van der Waals surface area contributed by atoms with Gasteiger partial charge >= 0.3 is 0 Å². The van der Waals surface area contributed by atoms with Gasteiger partial charge < -0.3 is 0 Å². The van der Waals surface area contributed by atoms with Crippen LogP contribution in [-0.4, -0.2) is 9.97 Å². The third-order valence-electron chi connectivity index (χ3n) is 9.68. The molecule has 0 saturated heterocycles. The molecular weight excluding hydrogens is 613 g/mol. The Morgan fingerprint density at radius 1 is 0.347 bits per heavy atom. The summed E-state index contributed by atoms with van der Waals surface area (Å²) < 4.78 is 2.60. The summed E-state index contributed by atoms with van der Waals surface area (Å²) in [5.74, 6) is 0.713. The minimum absolute atomic E-state index is 0.713. The van der Waals surface area contributed by atoms with Gasteiger partial charge in [0.1, 0.15) is 0 Å². The van der Waals surface area contributed by atoms with Crippen LogP contribution in [0.4, 0.5) is 0 Å². The molecule has 0 radical (unpaired) electrons. The van der Waals surface area contributed by atoms with E-state index in [-0.39, 0.29) is 0 Å². The predicted octanol–water partition coefficient (Wildman–Crippen LogP) is 13.0. The number of aromatic nitrogens is 2. The molecule has 2 aromatic heterocycles. The Hall–Kier alpha value is -6.16. The Balaban J connectivity index is 1.25. The zero-order valence-corrected chi connectivity index (χ0v) is 27.3. The fourth-order valence-corrected chi connectivity index (χ4v) is 8.52. The highest BCUT2D eigenvalue weighted by Gasteiger charge is 2.18. The van der Waals surface area contributed by atoms with Gasteiger partial charge in [-0.05, 0) is 67.7 Å². The zero-order chi connectivity index (χ0) is 32.3. The highest BCUT2D eigenvalue weighted by atomic mass is 32.1. The van der Waals surface area contributed by atoms with Gasteiger partial charge in [-0.15, -0.1) is 11.3 Å². The molecule has 2 heterocycles. The zero-order valence-electron chi connectivity index (χ0n) is 26.5. The molecule has 49 heavy (non-hydrogen) atoms. The summed E-state index contributed by atoms with van der Waals surface area (Å²) in [7, 11) is 0. The first kappa shape index (κ1) is 27.9. The maximum absolute atomic E-state index is 5.34. The van der Waals surface area contributed by atoms with Gasteiger partial charge in [-0.1, -0.05) is 146 Å². The second-order valence-electron chi connectivity index (χ2n) is 12.5. The van der Waals surface area contributed by atoms with Gasteiger partial charge in [-0.25, -0.2) is 9.97 Å². The standard InChI is InChI=1S/C46H28N2S/c1-2-13-30(14-3-1)46-47-41(36-19-9-8-17-34(36)32-23-24-38-37-20-10-11-21-43(37)49-44(38)27-32)28-42(48-46)45-35-18-7-5-15-31(35)26-40-33-16-6-4-12-29(33)22-25-39(40)45/h1-28H. The number of thiophene rings is 1. The van der Waals surface area contributed by atoms with Gasteiger partial charge in [0.2, 0.25) is 0 Å². The summed E-state index contributed by atoms with van der Waals surface area (Å²) in [5.41, 5.74) is 7.35. The van der Waals surface area contributed by atoms with Gasteiger partial charge in [0.25, 0.3) is 0 Å². The van der Waals surface area contributed by atoms with Crippen LogP contribution in [0.15, 0.2) is 170 Å². The number of hydrogen-bond acceptors (Lipinski definition) is 3. The van der Waals surface area contributed by atoms with E-state index in [9.17, 15) is 0 Å². The van der Waals surface area contributed by atoms with E-state index in [0.717, 1.165) is 33.6 Å². The second-order valence-corrected chi connectivity index (χ2v) is 13.6. The molecule has 10 aromatic rings. The van der Waals surface area contributed by atoms with Crippen molar-refractivity contribution in [3.63, 3.8) is 0 Å². The van der Waals surface area contributed by atoms with E-state index in [4.69, 9.17) is 9.97 Å². The highest BCUT2D eigenvalue weighted by Crippen LogP contribution is 2.42. The number of fused-ring (bicyclic) bond motifs is 7. The largest absolute Gasteiger partial charge is 0.228 e. The molecular formula is C46H28N2S. The minimum atomic E-state index is 0.713. The number of hydrogen-bond donors (Lipinski definition) is 0. The van der Waals surface area contributed by atoms with Crippen LogP contribution in [0.25, 0.3) is 97.5 Å². The lowest BCUT2D eigenvalue weighted by molar-refractivity contribution is 1.19. The van der Waals surface area contributed by atoms with Gasteiger partial charge in [-0.2, -0.15) is 0 Å². The van der Waals surface area contributed by atoms with Crippen LogP contribution in [-0.2, 0) is 0 Å². The van der Waals surface area contributed by atoms with E-state index in [0.29, 0.717) is 5.82 Å². The first-order valence-corrected chi connectivity index (χ1v) is 17.4. The summed E-state index contributed by atoms with van der Waals surface area (Å²) >= 11 is 1.85. The van der Waals surface area contributed by atoms with Crippen molar-refractivity contribution < 1.29 is 0 Å². The Bertz CT molecular complexity index is 2890. The van der Waals surface area contributed by atoms with Crippen molar-refractivity contribution in [1.82, 2.24) is 9.97 Å². The SMILES string of the molecule is c1ccc(-c2nc(-c3ccccc3-c3ccc4c(c3)sc3ccccc34)cc(-c3c4ccccc4cc4c3ccc3ccccc34)n2)cc1. The molecule has 2 nitrogen and oxygen atoms in total. The van der Waals surface area contributed by atoms with Crippen LogP contribution in [0.2, 0.25) is 0 Å². The molecule has 0 aliphatic rings. The molecule has 0 amide bonds. The van der Waals surface area contributed by atoms with E-state index in [2.05, 4.69) is 164 Å². The van der Waals surface area contributed by atoms with E-state index in [1.54, 1.807) is 0 Å². The molecule has 8 aromatic carbocycles. The normalized spacial score (nSPS) is 11.7. The summed E-state index contributed by atoms with van der Waals surface area (Å²) in [4.78, 5) is 10.6. The maximum atomic E-state index is 5.34. The molecule has 0 N–H and O–H groups in total. The number of rotatable bonds is 4. The predicted molar refractivity (Wildman–Crippen MR) is 209 cm³/mol. The molecule has 0 saturated carbocycles. The molecule has 0 aliphatic carbocycles. The number of benzene rings is 8. The Labute approximate surface area is 287 Å². The molecule has 10 rings (SSSR count). The Kier molecular flexibility index (Phi) is 6.39. The van der Waals surface area contributed by atoms with Crippen LogP contribution in [0.5, 0.6) is 0 Å². The van der Waals surface area contributed by atoms with Crippen molar-refractivity contribution in [2.75, 3.05) is 0 Å². The molecule has 228 valence electrons. The average Bonchev–Trinajstić information content (AvgIpc) is 3.55. The van der Waals surface area contributed by atoms with Crippen LogP contribution < -0.4 is 0 Å². The molecule has 3 heteroatoms. The quantitative estimate of drug-likeness (QED) is 0.141. The van der Waals surface area contributed by atoms with Gasteiger partial charge in [-0.3, -0.25) is 0 Å². The first-order valence-electron chi connectivity index (χ1n) is 16.6. The van der Waals surface area contributed by atoms with Crippen molar-refractivity contribution in [3.05, 3.63) is 170 Å². The van der Waals surface area contributed by atoms with E-state index in [1.165, 1.54) is 58.1 Å². The molecule has 0 fully saturated rings. The lowest BCUT2D eigenvalue weighted by atomic mass is 9.91. The topological polar surface area (TPSA) is 25.8 Å². The van der Waals surface area contributed by atoms with Crippen LogP contribution in [0.1, 0.15) is 0 Å². The molecule has 0 atom stereocenters. The molecule has 0 spiro atoms. The average molecular weight is 641 g/mol. The molecule has 0 unspecified atom stereocenters. The maximum Gasteiger partial charge on any atom is 0.160 e. The molecule has 0 bridgehead atoms. The number of nitrogens with zero attached hydrogens (tertiary/aromatic N) is 2. The van der Waals surface area contributed by atoms with Gasteiger partial charge in [0.05, 0.1) is 11.4 Å². The second kappa shape index (κ2) is 11.2. The smallest absolute Gasteiger partial charge is 0.160 e. The van der Waals surface area contributed by atoms with Crippen molar-refractivity contribution in [3.8, 4) is 45.0 Å². The summed E-state index contributed by atoms with van der Waals surface area (Å²) in [6.45, 7) is 0. The van der Waals surface area contributed by atoms with Gasteiger partial charge in [0.15, 0.2) is 5.82 Å². The lowest BCUT2D eigenvalue weighted by Crippen LogP contribution is -1.98. The molecule has 0 aliphatic heterocycles. The van der Waals surface area contributed by atoms with Crippen molar-refractivity contribution in [2.45, 2.75) is 0 Å². The summed E-state index contributed by atoms with van der Waals surface area (Å²) in [6, 6.07) is 60.8. The van der Waals surface area contributed by atoms with E-state index in [1.807, 2.05) is 17.4 Å². The minimum Gasteiger partial charge on any atom is -0.228 e. The van der Waals surface area contributed by atoms with Crippen molar-refractivity contribution in [2.24, 2.45) is 0 Å². The summed E-state index contributed by atoms with van der Waals surface area (Å²) in [6.07, 6.45) is 0. The lowest BCUT2D eigenvalue weighted by Gasteiger charge is -2.16. The van der Waals surface area contributed by atoms with Crippen LogP contribution >= 0.6 is 11.3 Å². The monoisotopic (exact) mass is 640 g/mol. The summed E-state index contributed by atoms with van der Waals surface area (Å²) in [5, 5.41) is 9.87. The first-order chi connectivity index (χ1) is 24.3. The Morgan fingerprint density at radius 3 is 1.88 bits per heavy atom. The Morgan fingerprint density at radius 2 is 1.00 bits per heavy atom. The van der Waals surface area contributed by atoms with Gasteiger partial charge in [0, 0.05) is 36.9 Å².